The van der Waals surface area contributed by atoms with E-state index in [2.05, 4.69) is 11.1 Å². The number of benzene rings is 1. The van der Waals surface area contributed by atoms with Crippen molar-refractivity contribution in [1.82, 2.24) is 4.98 Å². The van der Waals surface area contributed by atoms with E-state index < -0.39 is 0 Å². The van der Waals surface area contributed by atoms with Gasteiger partial charge in [0.05, 0.1) is 7.11 Å². The number of ether oxygens (including phenoxy) is 2. The summed E-state index contributed by atoms with van der Waals surface area (Å²) in [5.41, 5.74) is 9.36. The van der Waals surface area contributed by atoms with Crippen LogP contribution in [0, 0.1) is 0 Å². The normalized spacial score (nSPS) is 17.5. The van der Waals surface area contributed by atoms with Crippen molar-refractivity contribution in [1.29, 1.82) is 0 Å². The quantitative estimate of drug-likeness (QED) is 0.893. The molecule has 1 aromatic carbocycles. The monoisotopic (exact) mass is 256 g/mol. The van der Waals surface area contributed by atoms with Gasteiger partial charge in [-0.2, -0.15) is 0 Å². The number of methoxy groups -OCH3 is 1. The Hall–Kier alpha value is -2.07. The molecule has 1 atom stereocenters. The van der Waals surface area contributed by atoms with Crippen molar-refractivity contribution in [2.24, 2.45) is 5.73 Å². The summed E-state index contributed by atoms with van der Waals surface area (Å²) in [6, 6.07) is 10.0. The number of hydrogen-bond acceptors (Lipinski definition) is 4. The molecule has 0 bridgehead atoms. The highest BCUT2D eigenvalue weighted by molar-refractivity contribution is 5.71. The van der Waals surface area contributed by atoms with Crippen LogP contribution in [-0.4, -0.2) is 24.7 Å². The first-order valence-electron chi connectivity index (χ1n) is 6.28. The van der Waals surface area contributed by atoms with E-state index in [1.165, 1.54) is 0 Å². The Morgan fingerprint density at radius 2 is 2.26 bits per heavy atom. The zero-order valence-electron chi connectivity index (χ0n) is 10.8. The molecular formula is C15H16N2O2. The molecule has 2 heterocycles. The molecule has 1 aliphatic heterocycles. The van der Waals surface area contributed by atoms with Crippen molar-refractivity contribution in [3.8, 4) is 22.8 Å². The number of fused-ring (bicyclic) bond motifs is 1. The van der Waals surface area contributed by atoms with Crippen molar-refractivity contribution in [2.75, 3.05) is 13.7 Å². The Bertz CT molecular complexity index is 598. The Labute approximate surface area is 112 Å². The number of pyridine rings is 1. The van der Waals surface area contributed by atoms with Gasteiger partial charge in [-0.05, 0) is 29.7 Å². The van der Waals surface area contributed by atoms with Gasteiger partial charge in [0, 0.05) is 23.9 Å². The van der Waals surface area contributed by atoms with Crippen LogP contribution >= 0.6 is 0 Å². The minimum atomic E-state index is 0.0531. The highest BCUT2D eigenvalue weighted by Gasteiger charge is 2.20. The second-order valence-electron chi connectivity index (χ2n) is 4.64. The first kappa shape index (κ1) is 12.0. The Morgan fingerprint density at radius 1 is 1.37 bits per heavy atom. The molecule has 0 spiro atoms. The minimum absolute atomic E-state index is 0.0531. The third kappa shape index (κ3) is 2.27. The number of rotatable bonds is 2. The molecule has 4 nitrogen and oxygen atoms in total. The molecule has 19 heavy (non-hydrogen) atoms. The molecule has 0 fully saturated rings. The molecule has 1 aliphatic rings. The molecule has 0 radical (unpaired) electrons. The molecule has 0 aliphatic carbocycles. The van der Waals surface area contributed by atoms with Crippen LogP contribution in [0.3, 0.4) is 0 Å². The average Bonchev–Trinajstić information content (AvgIpc) is 2.46. The van der Waals surface area contributed by atoms with E-state index in [0.717, 1.165) is 28.9 Å². The van der Waals surface area contributed by atoms with Crippen molar-refractivity contribution in [3.05, 3.63) is 42.1 Å². The Kier molecular flexibility index (Phi) is 3.09. The molecule has 2 aromatic rings. The first-order valence-corrected chi connectivity index (χ1v) is 6.28. The number of hydrogen-bond donors (Lipinski definition) is 1. The zero-order chi connectivity index (χ0) is 13.2. The van der Waals surface area contributed by atoms with Crippen LogP contribution in [0.25, 0.3) is 11.1 Å². The van der Waals surface area contributed by atoms with E-state index in [-0.39, 0.29) is 6.04 Å². The van der Waals surface area contributed by atoms with Crippen LogP contribution < -0.4 is 15.2 Å². The van der Waals surface area contributed by atoms with Gasteiger partial charge < -0.3 is 15.2 Å². The fourth-order valence-corrected chi connectivity index (χ4v) is 2.39. The lowest BCUT2D eigenvalue weighted by molar-refractivity contribution is 0.264. The van der Waals surface area contributed by atoms with Crippen molar-refractivity contribution in [2.45, 2.75) is 12.5 Å². The van der Waals surface area contributed by atoms with E-state index in [1.54, 1.807) is 13.3 Å². The smallest absolute Gasteiger partial charge is 0.213 e. The van der Waals surface area contributed by atoms with Crippen LogP contribution in [0.1, 0.15) is 5.56 Å². The number of nitrogens with zero attached hydrogens (tertiary/aromatic N) is 1. The van der Waals surface area contributed by atoms with Crippen molar-refractivity contribution in [3.63, 3.8) is 0 Å². The molecule has 0 saturated heterocycles. The fraction of sp³-hybridized carbons (Fsp3) is 0.267. The summed E-state index contributed by atoms with van der Waals surface area (Å²) in [6.45, 7) is 0.579. The van der Waals surface area contributed by atoms with Gasteiger partial charge in [0.15, 0.2) is 0 Å². The average molecular weight is 256 g/mol. The molecular weight excluding hydrogens is 240 g/mol. The molecule has 4 heteroatoms. The minimum Gasteiger partial charge on any atom is -0.492 e. The van der Waals surface area contributed by atoms with Crippen LogP contribution in [0.4, 0.5) is 0 Å². The topological polar surface area (TPSA) is 57.4 Å². The highest BCUT2D eigenvalue weighted by atomic mass is 16.5. The second-order valence-corrected chi connectivity index (χ2v) is 4.64. The highest BCUT2D eigenvalue weighted by Crippen LogP contribution is 2.34. The first-order chi connectivity index (χ1) is 9.28. The van der Waals surface area contributed by atoms with Gasteiger partial charge in [0.1, 0.15) is 12.4 Å². The summed E-state index contributed by atoms with van der Waals surface area (Å²) in [6.07, 6.45) is 2.58. The van der Waals surface area contributed by atoms with E-state index in [1.807, 2.05) is 24.3 Å². The summed E-state index contributed by atoms with van der Waals surface area (Å²) in [5, 5.41) is 0. The largest absolute Gasteiger partial charge is 0.492 e. The van der Waals surface area contributed by atoms with Gasteiger partial charge in [-0.15, -0.1) is 0 Å². The van der Waals surface area contributed by atoms with E-state index in [9.17, 15) is 0 Å². The van der Waals surface area contributed by atoms with Crippen LogP contribution in [0.2, 0.25) is 0 Å². The second kappa shape index (κ2) is 4.90. The summed E-state index contributed by atoms with van der Waals surface area (Å²) in [5.74, 6) is 1.53. The molecule has 3 rings (SSSR count). The Balaban J connectivity index is 2.09. The van der Waals surface area contributed by atoms with E-state index in [0.29, 0.717) is 12.5 Å². The third-order valence-corrected chi connectivity index (χ3v) is 3.31. The predicted molar refractivity (Wildman–Crippen MR) is 73.4 cm³/mol. The summed E-state index contributed by atoms with van der Waals surface area (Å²) < 4.78 is 10.9. The molecule has 0 saturated carbocycles. The predicted octanol–water partition coefficient (Wildman–Crippen LogP) is 2.02. The number of nitrogens with two attached hydrogens (primary N) is 1. The van der Waals surface area contributed by atoms with Gasteiger partial charge in [0.2, 0.25) is 5.88 Å². The molecule has 1 aromatic heterocycles. The van der Waals surface area contributed by atoms with Crippen LogP contribution in [0.15, 0.2) is 36.5 Å². The molecule has 2 N–H and O–H groups in total. The maximum atomic E-state index is 5.99. The lowest BCUT2D eigenvalue weighted by Gasteiger charge is -2.24. The molecule has 98 valence electrons. The summed E-state index contributed by atoms with van der Waals surface area (Å²) >= 11 is 0. The standard InChI is InChI=1S/C15H16N2O2/c1-18-15-7-10(5-6-17-15)12-3-2-4-14-13(12)8-11(16)9-19-14/h2-7,11H,8-9,16H2,1H3/t11-/m0/s1. The number of aromatic nitrogens is 1. The third-order valence-electron chi connectivity index (χ3n) is 3.31. The lowest BCUT2D eigenvalue weighted by Crippen LogP contribution is -2.34. The van der Waals surface area contributed by atoms with Gasteiger partial charge in [-0.1, -0.05) is 12.1 Å². The maximum Gasteiger partial charge on any atom is 0.213 e. The summed E-state index contributed by atoms with van der Waals surface area (Å²) in [4.78, 5) is 4.13. The van der Waals surface area contributed by atoms with Gasteiger partial charge in [-0.25, -0.2) is 4.98 Å². The van der Waals surface area contributed by atoms with Gasteiger partial charge in [-0.3, -0.25) is 0 Å². The van der Waals surface area contributed by atoms with Crippen LogP contribution in [-0.2, 0) is 6.42 Å². The van der Waals surface area contributed by atoms with Gasteiger partial charge >= 0.3 is 0 Å². The van der Waals surface area contributed by atoms with Gasteiger partial charge in [0.25, 0.3) is 0 Å². The molecule has 0 amide bonds. The van der Waals surface area contributed by atoms with Crippen molar-refractivity contribution >= 4 is 0 Å². The Morgan fingerprint density at radius 3 is 3.11 bits per heavy atom. The van der Waals surface area contributed by atoms with Crippen molar-refractivity contribution < 1.29 is 9.47 Å². The maximum absolute atomic E-state index is 5.99. The van der Waals surface area contributed by atoms with Crippen LogP contribution in [0.5, 0.6) is 11.6 Å². The van der Waals surface area contributed by atoms with E-state index >= 15 is 0 Å². The zero-order valence-corrected chi connectivity index (χ0v) is 10.8. The SMILES string of the molecule is COc1cc(-c2cccc3c2C[C@H](N)CO3)ccn1. The fourth-order valence-electron chi connectivity index (χ4n) is 2.39. The lowest BCUT2D eigenvalue weighted by atomic mass is 9.93. The van der Waals surface area contributed by atoms with E-state index in [4.69, 9.17) is 15.2 Å². The summed E-state index contributed by atoms with van der Waals surface area (Å²) in [7, 11) is 1.62. The molecule has 0 unspecified atom stereocenters.